The quantitative estimate of drug-likeness (QED) is 0.540. The molecule has 1 aliphatic heterocycles. The lowest BCUT2D eigenvalue weighted by Crippen LogP contribution is -2.45. The Bertz CT molecular complexity index is 243. The largest absolute Gasteiger partial charge is 0.336 e. The summed E-state index contributed by atoms with van der Waals surface area (Å²) < 4.78 is 0. The molecule has 2 fully saturated rings. The minimum atomic E-state index is 0.0336. The van der Waals surface area contributed by atoms with E-state index in [0.29, 0.717) is 13.0 Å². The Hall–Kier alpha value is -0.860. The van der Waals surface area contributed by atoms with Gasteiger partial charge in [-0.05, 0) is 19.8 Å². The molecule has 1 aliphatic carbocycles. The summed E-state index contributed by atoms with van der Waals surface area (Å²) in [5.74, 6) is 0.131. The van der Waals surface area contributed by atoms with Gasteiger partial charge < -0.3 is 4.90 Å². The SMILES string of the molecule is CC1(N2CCC(=O)CC2=O)CC1. The van der Waals surface area contributed by atoms with E-state index >= 15 is 0 Å². The van der Waals surface area contributed by atoms with Gasteiger partial charge in [0, 0.05) is 18.5 Å². The van der Waals surface area contributed by atoms with E-state index in [1.165, 1.54) is 0 Å². The molecule has 0 aromatic heterocycles. The fraction of sp³-hybridized carbons (Fsp3) is 0.778. The lowest BCUT2D eigenvalue weighted by molar-refractivity contribution is -0.141. The standard InChI is InChI=1S/C9H13NO2/c1-9(3-4-9)10-5-2-7(11)6-8(10)12/h2-6H2,1H3. The maximum absolute atomic E-state index is 11.4. The number of hydrogen-bond donors (Lipinski definition) is 0. The summed E-state index contributed by atoms with van der Waals surface area (Å²) in [4.78, 5) is 24.2. The fourth-order valence-corrected chi connectivity index (χ4v) is 1.74. The van der Waals surface area contributed by atoms with Gasteiger partial charge in [0.1, 0.15) is 5.78 Å². The second kappa shape index (κ2) is 2.31. The van der Waals surface area contributed by atoms with Crippen molar-refractivity contribution in [3.63, 3.8) is 0 Å². The third-order valence-corrected chi connectivity index (χ3v) is 2.89. The third-order valence-electron chi connectivity index (χ3n) is 2.89. The zero-order valence-electron chi connectivity index (χ0n) is 7.30. The Labute approximate surface area is 71.7 Å². The normalized spacial score (nSPS) is 27.6. The minimum Gasteiger partial charge on any atom is -0.336 e. The lowest BCUT2D eigenvalue weighted by atomic mass is 10.1. The number of rotatable bonds is 1. The molecule has 1 saturated carbocycles. The van der Waals surface area contributed by atoms with E-state index < -0.39 is 0 Å². The summed E-state index contributed by atoms with van der Waals surface area (Å²) in [6.07, 6.45) is 2.90. The van der Waals surface area contributed by atoms with Crippen molar-refractivity contribution in [3.05, 3.63) is 0 Å². The van der Waals surface area contributed by atoms with Crippen LogP contribution in [0.3, 0.4) is 0 Å². The van der Waals surface area contributed by atoms with Crippen LogP contribution in [0.25, 0.3) is 0 Å². The van der Waals surface area contributed by atoms with Crippen LogP contribution in [0, 0.1) is 0 Å². The highest BCUT2D eigenvalue weighted by molar-refractivity contribution is 6.00. The van der Waals surface area contributed by atoms with E-state index in [4.69, 9.17) is 0 Å². The minimum absolute atomic E-state index is 0.0336. The number of nitrogens with zero attached hydrogens (tertiary/aromatic N) is 1. The number of piperidine rings is 1. The van der Waals surface area contributed by atoms with Crippen LogP contribution in [0.2, 0.25) is 0 Å². The third kappa shape index (κ3) is 1.13. The first kappa shape index (κ1) is 7.77. The number of Topliss-reactive ketones (excluding diaryl/α,β-unsaturated/α-hetero) is 1. The van der Waals surface area contributed by atoms with Crippen LogP contribution >= 0.6 is 0 Å². The summed E-state index contributed by atoms with van der Waals surface area (Å²) >= 11 is 0. The topological polar surface area (TPSA) is 37.4 Å². The highest BCUT2D eigenvalue weighted by atomic mass is 16.2. The van der Waals surface area contributed by atoms with Crippen molar-refractivity contribution >= 4 is 11.7 Å². The molecule has 0 aromatic rings. The van der Waals surface area contributed by atoms with Gasteiger partial charge in [-0.3, -0.25) is 9.59 Å². The Morgan fingerprint density at radius 2 is 2.00 bits per heavy atom. The second-order valence-corrected chi connectivity index (χ2v) is 4.01. The highest BCUT2D eigenvalue weighted by Gasteiger charge is 2.46. The van der Waals surface area contributed by atoms with Crippen molar-refractivity contribution in [2.75, 3.05) is 6.54 Å². The van der Waals surface area contributed by atoms with E-state index in [2.05, 4.69) is 6.92 Å². The van der Waals surface area contributed by atoms with Gasteiger partial charge in [0.15, 0.2) is 0 Å². The highest BCUT2D eigenvalue weighted by Crippen LogP contribution is 2.42. The predicted octanol–water partition coefficient (Wildman–Crippen LogP) is 0.730. The summed E-state index contributed by atoms with van der Waals surface area (Å²) in [6.45, 7) is 2.74. The first-order valence-corrected chi connectivity index (χ1v) is 4.44. The number of hydrogen-bond acceptors (Lipinski definition) is 2. The monoisotopic (exact) mass is 167 g/mol. The van der Waals surface area contributed by atoms with Crippen LogP contribution in [0.5, 0.6) is 0 Å². The van der Waals surface area contributed by atoms with Gasteiger partial charge in [0.2, 0.25) is 5.91 Å². The number of carbonyl (C=O) groups is 2. The molecule has 0 spiro atoms. The van der Waals surface area contributed by atoms with Crippen LogP contribution in [-0.4, -0.2) is 28.7 Å². The van der Waals surface area contributed by atoms with Gasteiger partial charge in [-0.1, -0.05) is 0 Å². The van der Waals surface area contributed by atoms with E-state index in [1.54, 1.807) is 0 Å². The van der Waals surface area contributed by atoms with E-state index in [-0.39, 0.29) is 23.7 Å². The Balaban J connectivity index is 2.08. The van der Waals surface area contributed by atoms with Gasteiger partial charge in [0.25, 0.3) is 0 Å². The molecule has 0 aromatic carbocycles. The molecule has 0 bridgehead atoms. The molecule has 2 aliphatic rings. The van der Waals surface area contributed by atoms with E-state index in [0.717, 1.165) is 12.8 Å². The van der Waals surface area contributed by atoms with Crippen LogP contribution in [0.4, 0.5) is 0 Å². The summed E-state index contributed by atoms with van der Waals surface area (Å²) in [7, 11) is 0. The van der Waals surface area contributed by atoms with Gasteiger partial charge in [-0.2, -0.15) is 0 Å². The van der Waals surface area contributed by atoms with Crippen LogP contribution in [0.15, 0.2) is 0 Å². The van der Waals surface area contributed by atoms with Crippen molar-refractivity contribution in [2.45, 2.75) is 38.1 Å². The number of likely N-dealkylation sites (tertiary alicyclic amines) is 1. The molecule has 1 heterocycles. The zero-order valence-corrected chi connectivity index (χ0v) is 7.30. The summed E-state index contributed by atoms with van der Waals surface area (Å²) in [5.41, 5.74) is 0.109. The average molecular weight is 167 g/mol. The van der Waals surface area contributed by atoms with Gasteiger partial charge >= 0.3 is 0 Å². The van der Waals surface area contributed by atoms with Crippen LogP contribution in [0.1, 0.15) is 32.6 Å². The van der Waals surface area contributed by atoms with Gasteiger partial charge in [-0.15, -0.1) is 0 Å². The lowest BCUT2D eigenvalue weighted by Gasteiger charge is -2.32. The maximum atomic E-state index is 11.4. The molecule has 0 radical (unpaired) electrons. The van der Waals surface area contributed by atoms with Gasteiger partial charge in [0.05, 0.1) is 6.42 Å². The first-order valence-electron chi connectivity index (χ1n) is 4.44. The molecular weight excluding hydrogens is 154 g/mol. The molecule has 0 unspecified atom stereocenters. The molecule has 0 N–H and O–H groups in total. The average Bonchev–Trinajstić information content (AvgIpc) is 2.68. The molecule has 3 heteroatoms. The molecule has 0 atom stereocenters. The molecular formula is C9H13NO2. The Morgan fingerprint density at radius 1 is 1.33 bits per heavy atom. The number of amides is 1. The smallest absolute Gasteiger partial charge is 0.230 e. The fourth-order valence-electron chi connectivity index (χ4n) is 1.74. The van der Waals surface area contributed by atoms with Crippen molar-refractivity contribution in [3.8, 4) is 0 Å². The second-order valence-electron chi connectivity index (χ2n) is 4.01. The maximum Gasteiger partial charge on any atom is 0.230 e. The summed E-state index contributed by atoms with van der Waals surface area (Å²) in [6, 6.07) is 0. The van der Waals surface area contributed by atoms with Crippen molar-refractivity contribution < 1.29 is 9.59 Å². The number of ketones is 1. The number of carbonyl (C=O) groups excluding carboxylic acids is 2. The van der Waals surface area contributed by atoms with E-state index in [9.17, 15) is 9.59 Å². The molecule has 1 amide bonds. The first-order chi connectivity index (χ1) is 5.62. The Kier molecular flexibility index (Phi) is 1.50. The van der Waals surface area contributed by atoms with Crippen molar-refractivity contribution in [1.82, 2.24) is 4.90 Å². The molecule has 1 saturated heterocycles. The zero-order chi connectivity index (χ0) is 8.77. The predicted molar refractivity (Wildman–Crippen MR) is 43.6 cm³/mol. The van der Waals surface area contributed by atoms with Crippen LogP contribution < -0.4 is 0 Å². The molecule has 3 nitrogen and oxygen atoms in total. The molecule has 12 heavy (non-hydrogen) atoms. The Morgan fingerprint density at radius 3 is 2.50 bits per heavy atom. The van der Waals surface area contributed by atoms with Crippen LogP contribution in [-0.2, 0) is 9.59 Å². The van der Waals surface area contributed by atoms with Crippen molar-refractivity contribution in [1.29, 1.82) is 0 Å². The molecule has 2 rings (SSSR count). The van der Waals surface area contributed by atoms with Gasteiger partial charge in [-0.25, -0.2) is 0 Å². The molecule has 66 valence electrons. The summed E-state index contributed by atoms with van der Waals surface area (Å²) in [5, 5.41) is 0. The van der Waals surface area contributed by atoms with E-state index in [1.807, 2.05) is 4.90 Å². The van der Waals surface area contributed by atoms with Crippen molar-refractivity contribution in [2.24, 2.45) is 0 Å².